The van der Waals surface area contributed by atoms with E-state index in [1.165, 1.54) is 29.6 Å². The monoisotopic (exact) mass is 357 g/mol. The van der Waals surface area contributed by atoms with Gasteiger partial charge in [-0.1, -0.05) is 12.1 Å². The first-order chi connectivity index (χ1) is 12.3. The number of ether oxygens (including phenoxy) is 1. The van der Waals surface area contributed by atoms with Crippen LogP contribution in [0.5, 0.6) is 0 Å². The molecule has 0 unspecified atom stereocenters. The van der Waals surface area contributed by atoms with Crippen molar-refractivity contribution in [2.24, 2.45) is 0 Å². The molecule has 0 aliphatic heterocycles. The van der Waals surface area contributed by atoms with Crippen LogP contribution in [0.1, 0.15) is 28.9 Å². The molecule has 26 heavy (non-hydrogen) atoms. The standard InChI is InChI=1S/C17H16FN5O3/c1-9-8-10(2)23-17(19-9)21-14(22-23)16(25)26-11(3)15(24)20-13-7-5-4-6-12(13)18/h4-8,11H,1-3H3,(H,20,24)/t11-/m0/s1. The maximum absolute atomic E-state index is 13.6. The van der Waals surface area contributed by atoms with Crippen molar-refractivity contribution in [2.75, 3.05) is 5.32 Å². The Balaban J connectivity index is 1.72. The molecule has 0 aliphatic rings. The molecule has 0 bridgehead atoms. The number of esters is 1. The molecule has 3 rings (SSSR count). The van der Waals surface area contributed by atoms with E-state index in [1.54, 1.807) is 26.0 Å². The molecule has 1 amide bonds. The van der Waals surface area contributed by atoms with Crippen LogP contribution in [-0.4, -0.2) is 37.6 Å². The largest absolute Gasteiger partial charge is 0.447 e. The first-order valence-electron chi connectivity index (χ1n) is 7.82. The summed E-state index contributed by atoms with van der Waals surface area (Å²) in [4.78, 5) is 32.5. The molecule has 0 saturated heterocycles. The highest BCUT2D eigenvalue weighted by Gasteiger charge is 2.23. The van der Waals surface area contributed by atoms with Crippen LogP contribution in [0.15, 0.2) is 30.3 Å². The summed E-state index contributed by atoms with van der Waals surface area (Å²) < 4.78 is 20.1. The van der Waals surface area contributed by atoms with Gasteiger partial charge in [-0.25, -0.2) is 18.7 Å². The summed E-state index contributed by atoms with van der Waals surface area (Å²) in [5.74, 6) is -2.07. The van der Waals surface area contributed by atoms with Gasteiger partial charge in [-0.3, -0.25) is 4.79 Å². The Labute approximate surface area is 148 Å². The van der Waals surface area contributed by atoms with Gasteiger partial charge in [0.05, 0.1) is 5.69 Å². The summed E-state index contributed by atoms with van der Waals surface area (Å²) in [7, 11) is 0. The molecule has 0 saturated carbocycles. The fraction of sp³-hybridized carbons (Fsp3) is 0.235. The van der Waals surface area contributed by atoms with Crippen LogP contribution in [0, 0.1) is 19.7 Å². The van der Waals surface area contributed by atoms with Crippen molar-refractivity contribution in [1.82, 2.24) is 19.6 Å². The number of aryl methyl sites for hydroxylation is 2. The lowest BCUT2D eigenvalue weighted by molar-refractivity contribution is -0.123. The third-order valence-corrected chi connectivity index (χ3v) is 3.59. The Morgan fingerprint density at radius 2 is 1.96 bits per heavy atom. The Kier molecular flexibility index (Phi) is 4.61. The third-order valence-electron chi connectivity index (χ3n) is 3.59. The summed E-state index contributed by atoms with van der Waals surface area (Å²) in [6.45, 7) is 4.97. The predicted molar refractivity (Wildman–Crippen MR) is 90.2 cm³/mol. The molecular formula is C17H16FN5O3. The molecule has 1 atom stereocenters. The summed E-state index contributed by atoms with van der Waals surface area (Å²) in [6, 6.07) is 7.49. The Hall–Kier alpha value is -3.36. The molecule has 0 aliphatic carbocycles. The van der Waals surface area contributed by atoms with Gasteiger partial charge in [-0.2, -0.15) is 4.98 Å². The van der Waals surface area contributed by atoms with E-state index in [0.717, 1.165) is 11.4 Å². The minimum absolute atomic E-state index is 0.00144. The van der Waals surface area contributed by atoms with Crippen molar-refractivity contribution in [1.29, 1.82) is 0 Å². The van der Waals surface area contributed by atoms with Crippen LogP contribution in [0.25, 0.3) is 5.78 Å². The molecule has 1 N–H and O–H groups in total. The van der Waals surface area contributed by atoms with Gasteiger partial charge in [0, 0.05) is 11.4 Å². The summed E-state index contributed by atoms with van der Waals surface area (Å²) in [6.07, 6.45) is -1.16. The number of halogens is 1. The van der Waals surface area contributed by atoms with E-state index in [-0.39, 0.29) is 17.3 Å². The number of nitrogens with one attached hydrogen (secondary N) is 1. The van der Waals surface area contributed by atoms with Gasteiger partial charge in [0.2, 0.25) is 0 Å². The molecule has 3 aromatic rings. The molecule has 0 radical (unpaired) electrons. The average molecular weight is 357 g/mol. The van der Waals surface area contributed by atoms with Crippen LogP contribution in [0.2, 0.25) is 0 Å². The fourth-order valence-electron chi connectivity index (χ4n) is 2.32. The highest BCUT2D eigenvalue weighted by atomic mass is 19.1. The summed E-state index contributed by atoms with van der Waals surface area (Å²) in [5.41, 5.74) is 1.49. The SMILES string of the molecule is Cc1cc(C)n2nc(C(=O)O[C@@H](C)C(=O)Nc3ccccc3F)nc2n1. The van der Waals surface area contributed by atoms with Gasteiger partial charge in [-0.15, -0.1) is 5.10 Å². The number of nitrogens with zero attached hydrogens (tertiary/aromatic N) is 4. The maximum atomic E-state index is 13.6. The average Bonchev–Trinajstić information content (AvgIpc) is 3.01. The summed E-state index contributed by atoms with van der Waals surface area (Å²) >= 11 is 0. The number of anilines is 1. The third kappa shape index (κ3) is 3.51. The van der Waals surface area contributed by atoms with E-state index in [0.29, 0.717) is 0 Å². The van der Waals surface area contributed by atoms with Crippen molar-refractivity contribution in [3.63, 3.8) is 0 Å². The molecule has 0 fully saturated rings. The molecule has 1 aromatic carbocycles. The molecule has 2 heterocycles. The second kappa shape index (κ2) is 6.87. The van der Waals surface area contributed by atoms with Crippen LogP contribution < -0.4 is 5.32 Å². The van der Waals surface area contributed by atoms with E-state index >= 15 is 0 Å². The highest BCUT2D eigenvalue weighted by molar-refractivity contribution is 5.96. The van der Waals surface area contributed by atoms with Crippen LogP contribution in [0.3, 0.4) is 0 Å². The topological polar surface area (TPSA) is 98.5 Å². The molecular weight excluding hydrogens is 341 g/mol. The maximum Gasteiger partial charge on any atom is 0.379 e. The fourth-order valence-corrected chi connectivity index (χ4v) is 2.32. The van der Waals surface area contributed by atoms with Crippen LogP contribution in [0.4, 0.5) is 10.1 Å². The number of fused-ring (bicyclic) bond motifs is 1. The Bertz CT molecular complexity index is 1000. The Morgan fingerprint density at radius 3 is 2.69 bits per heavy atom. The normalized spacial score (nSPS) is 12.0. The molecule has 8 nitrogen and oxygen atoms in total. The van der Waals surface area contributed by atoms with Crippen LogP contribution >= 0.6 is 0 Å². The van der Waals surface area contributed by atoms with Crippen molar-refractivity contribution >= 4 is 23.3 Å². The zero-order valence-electron chi connectivity index (χ0n) is 14.4. The zero-order chi connectivity index (χ0) is 18.8. The number of para-hydroxylation sites is 1. The van der Waals surface area contributed by atoms with Gasteiger partial charge in [0.25, 0.3) is 17.5 Å². The van der Waals surface area contributed by atoms with Gasteiger partial charge in [-0.05, 0) is 39.0 Å². The van der Waals surface area contributed by atoms with Gasteiger partial charge >= 0.3 is 5.97 Å². The zero-order valence-corrected chi connectivity index (χ0v) is 14.4. The van der Waals surface area contributed by atoms with E-state index in [4.69, 9.17) is 4.74 Å². The predicted octanol–water partition coefficient (Wildman–Crippen LogP) is 2.06. The van der Waals surface area contributed by atoms with Crippen LogP contribution in [-0.2, 0) is 9.53 Å². The first-order valence-corrected chi connectivity index (χ1v) is 7.82. The first kappa shape index (κ1) is 17.5. The lowest BCUT2D eigenvalue weighted by Gasteiger charge is -2.12. The van der Waals surface area contributed by atoms with E-state index in [2.05, 4.69) is 20.4 Å². The highest BCUT2D eigenvalue weighted by Crippen LogP contribution is 2.13. The van der Waals surface area contributed by atoms with Crippen molar-refractivity contribution < 1.29 is 18.7 Å². The van der Waals surface area contributed by atoms with E-state index in [1.807, 2.05) is 0 Å². The van der Waals surface area contributed by atoms with Gasteiger partial charge in [0.15, 0.2) is 6.10 Å². The summed E-state index contributed by atoms with van der Waals surface area (Å²) in [5, 5.41) is 6.40. The van der Waals surface area contributed by atoms with E-state index < -0.39 is 23.8 Å². The molecule has 9 heteroatoms. The molecule has 2 aromatic heterocycles. The second-order valence-corrected chi connectivity index (χ2v) is 5.70. The number of amides is 1. The number of hydrogen-bond acceptors (Lipinski definition) is 6. The molecule has 0 spiro atoms. The number of benzene rings is 1. The van der Waals surface area contributed by atoms with Crippen molar-refractivity contribution in [3.8, 4) is 0 Å². The smallest absolute Gasteiger partial charge is 0.379 e. The molecule has 134 valence electrons. The van der Waals surface area contributed by atoms with E-state index in [9.17, 15) is 14.0 Å². The Morgan fingerprint density at radius 1 is 1.23 bits per heavy atom. The van der Waals surface area contributed by atoms with Gasteiger partial charge < -0.3 is 10.1 Å². The van der Waals surface area contributed by atoms with Gasteiger partial charge in [0.1, 0.15) is 5.82 Å². The number of rotatable bonds is 4. The lowest BCUT2D eigenvalue weighted by Crippen LogP contribution is -2.30. The second-order valence-electron chi connectivity index (χ2n) is 5.70. The van der Waals surface area contributed by atoms with Crippen molar-refractivity contribution in [3.05, 3.63) is 53.4 Å². The lowest BCUT2D eigenvalue weighted by atomic mass is 10.3. The van der Waals surface area contributed by atoms with Crippen molar-refractivity contribution in [2.45, 2.75) is 26.9 Å². The number of hydrogen-bond donors (Lipinski definition) is 1. The number of carbonyl (C=O) groups is 2. The minimum Gasteiger partial charge on any atom is -0.447 e. The number of aromatic nitrogens is 4. The minimum atomic E-state index is -1.16. The number of carbonyl (C=O) groups excluding carboxylic acids is 2. The quantitative estimate of drug-likeness (QED) is 0.718.